The van der Waals surface area contributed by atoms with Gasteiger partial charge in [0.15, 0.2) is 0 Å². The highest BCUT2D eigenvalue weighted by Crippen LogP contribution is 2.21. The van der Waals surface area contributed by atoms with Crippen LogP contribution in [0.5, 0.6) is 0 Å². The molecule has 35 heavy (non-hydrogen) atoms. The Morgan fingerprint density at radius 2 is 1.77 bits per heavy atom. The Bertz CT molecular complexity index is 919. The van der Waals surface area contributed by atoms with Crippen molar-refractivity contribution >= 4 is 35.7 Å². The predicted molar refractivity (Wildman–Crippen MR) is 127 cm³/mol. The number of carboxylic acids is 1. The average Bonchev–Trinajstić information content (AvgIpc) is 3.27. The molecule has 192 valence electrons. The molecule has 0 bridgehead atoms. The lowest BCUT2D eigenvalue weighted by Crippen LogP contribution is -2.56. The van der Waals surface area contributed by atoms with Crippen LogP contribution in [0.3, 0.4) is 0 Å². The first-order chi connectivity index (χ1) is 16.5. The summed E-state index contributed by atoms with van der Waals surface area (Å²) in [5.74, 6) is -1.95. The summed E-state index contributed by atoms with van der Waals surface area (Å²) >= 11 is 0. The average molecular weight is 491 g/mol. The van der Waals surface area contributed by atoms with Crippen molar-refractivity contribution < 1.29 is 34.2 Å². The molecule has 11 nitrogen and oxygen atoms in total. The van der Waals surface area contributed by atoms with Crippen LogP contribution in [0.2, 0.25) is 0 Å². The number of aliphatic hydroxyl groups excluding tert-OH is 1. The molecule has 4 atom stereocenters. The van der Waals surface area contributed by atoms with Gasteiger partial charge in [-0.15, -0.1) is 0 Å². The predicted octanol–water partition coefficient (Wildman–Crippen LogP) is 0.731. The first-order valence-corrected chi connectivity index (χ1v) is 11.6. The number of nitrogens with one attached hydrogen (secondary N) is 3. The third-order valence-corrected chi connectivity index (χ3v) is 5.63. The van der Waals surface area contributed by atoms with Crippen LogP contribution in [0.4, 0.5) is 5.69 Å². The summed E-state index contributed by atoms with van der Waals surface area (Å²) in [6.45, 7) is 5.78. The van der Waals surface area contributed by atoms with E-state index >= 15 is 0 Å². The van der Waals surface area contributed by atoms with Gasteiger partial charge >= 0.3 is 5.97 Å². The zero-order valence-corrected chi connectivity index (χ0v) is 20.2. The maximum atomic E-state index is 13.0. The largest absolute Gasteiger partial charge is 0.481 e. The molecule has 0 spiro atoms. The number of carboxylic acid groups (broad SMARTS) is 1. The first kappa shape index (κ1) is 27.9. The normalized spacial score (nSPS) is 18.0. The van der Waals surface area contributed by atoms with E-state index in [1.54, 1.807) is 24.3 Å². The van der Waals surface area contributed by atoms with Crippen LogP contribution in [0.15, 0.2) is 24.3 Å². The zero-order valence-electron chi connectivity index (χ0n) is 20.2. The first-order valence-electron chi connectivity index (χ1n) is 11.6. The summed E-state index contributed by atoms with van der Waals surface area (Å²) in [5.41, 5.74) is 0.878. The van der Waals surface area contributed by atoms with E-state index in [4.69, 9.17) is 5.11 Å². The quantitative estimate of drug-likeness (QED) is 0.211. The molecule has 1 aliphatic rings. The van der Waals surface area contributed by atoms with Crippen LogP contribution in [-0.4, -0.2) is 76.0 Å². The van der Waals surface area contributed by atoms with E-state index in [1.165, 1.54) is 11.8 Å². The van der Waals surface area contributed by atoms with Crippen LogP contribution < -0.4 is 16.0 Å². The summed E-state index contributed by atoms with van der Waals surface area (Å²) in [7, 11) is 0. The molecule has 1 heterocycles. The van der Waals surface area contributed by atoms with E-state index in [2.05, 4.69) is 16.0 Å². The number of hydrogen-bond acceptors (Lipinski definition) is 7. The SMILES string of the molecule is CC(C)CC(=O)Nc1ccc(C(=O)NC(C)C(=O)N2CCCC2C(O)NC(C=O)CC(=O)O)cc1. The van der Waals surface area contributed by atoms with E-state index in [0.717, 1.165) is 0 Å². The maximum absolute atomic E-state index is 13.0. The number of aliphatic carboxylic acids is 1. The third-order valence-electron chi connectivity index (χ3n) is 5.63. The van der Waals surface area contributed by atoms with Crippen molar-refractivity contribution in [3.8, 4) is 0 Å². The maximum Gasteiger partial charge on any atom is 0.305 e. The molecule has 1 aliphatic heterocycles. The summed E-state index contributed by atoms with van der Waals surface area (Å²) in [6, 6.07) is 3.68. The van der Waals surface area contributed by atoms with Crippen LogP contribution in [0, 0.1) is 5.92 Å². The topological polar surface area (TPSA) is 165 Å². The molecule has 0 aromatic heterocycles. The number of likely N-dealkylation sites (tertiary alicyclic amines) is 1. The number of aldehydes is 1. The molecule has 3 amide bonds. The van der Waals surface area contributed by atoms with Gasteiger partial charge in [-0.1, -0.05) is 13.8 Å². The fourth-order valence-electron chi connectivity index (χ4n) is 3.94. The Labute approximate surface area is 204 Å². The lowest BCUT2D eigenvalue weighted by molar-refractivity contribution is -0.140. The highest BCUT2D eigenvalue weighted by Gasteiger charge is 2.37. The second-order valence-corrected chi connectivity index (χ2v) is 9.11. The van der Waals surface area contributed by atoms with Crippen LogP contribution in [0.25, 0.3) is 0 Å². The van der Waals surface area contributed by atoms with Crippen molar-refractivity contribution in [3.63, 3.8) is 0 Å². The Kier molecular flexibility index (Phi) is 10.3. The molecule has 5 N–H and O–H groups in total. The van der Waals surface area contributed by atoms with E-state index in [1.807, 2.05) is 13.8 Å². The van der Waals surface area contributed by atoms with Gasteiger partial charge in [-0.3, -0.25) is 24.5 Å². The molecule has 1 saturated heterocycles. The van der Waals surface area contributed by atoms with Crippen LogP contribution in [0.1, 0.15) is 56.8 Å². The van der Waals surface area contributed by atoms with Gasteiger partial charge < -0.3 is 30.5 Å². The minimum atomic E-state index is -1.29. The number of carbonyl (C=O) groups excluding carboxylic acids is 4. The number of benzene rings is 1. The lowest BCUT2D eigenvalue weighted by Gasteiger charge is -2.32. The molecular weight excluding hydrogens is 456 g/mol. The van der Waals surface area contributed by atoms with Gasteiger partial charge in [0.2, 0.25) is 11.8 Å². The molecule has 1 fully saturated rings. The summed E-state index contributed by atoms with van der Waals surface area (Å²) < 4.78 is 0. The number of carbonyl (C=O) groups is 5. The van der Waals surface area contributed by atoms with Crippen molar-refractivity contribution in [3.05, 3.63) is 29.8 Å². The Balaban J connectivity index is 1.95. The van der Waals surface area contributed by atoms with Gasteiger partial charge in [-0.25, -0.2) is 0 Å². The van der Waals surface area contributed by atoms with Crippen molar-refractivity contribution in [1.82, 2.24) is 15.5 Å². The van der Waals surface area contributed by atoms with Gasteiger partial charge in [0.1, 0.15) is 18.6 Å². The van der Waals surface area contributed by atoms with Crippen LogP contribution >= 0.6 is 0 Å². The molecular formula is C24H34N4O7. The molecule has 0 aliphatic carbocycles. The molecule has 1 aromatic carbocycles. The summed E-state index contributed by atoms with van der Waals surface area (Å²) in [4.78, 5) is 60.9. The van der Waals surface area contributed by atoms with E-state index in [0.29, 0.717) is 43.3 Å². The number of amides is 3. The van der Waals surface area contributed by atoms with Crippen molar-refractivity contribution in [1.29, 1.82) is 0 Å². The van der Waals surface area contributed by atoms with Gasteiger partial charge in [-0.2, -0.15) is 0 Å². The number of nitrogens with zero attached hydrogens (tertiary/aromatic N) is 1. The highest BCUT2D eigenvalue weighted by molar-refractivity contribution is 5.98. The standard InChI is InChI=1S/C24H34N4O7/c1-14(2)11-20(30)26-17-8-6-16(7-9-17)22(33)25-15(3)24(35)28-10-4-5-19(28)23(34)27-18(13-29)12-21(31)32/h6-9,13-15,18-19,23,27,34H,4-5,10-12H2,1-3H3,(H,25,33)(H,26,30)(H,31,32). The van der Waals surface area contributed by atoms with Crippen molar-refractivity contribution in [2.24, 2.45) is 5.92 Å². The lowest BCUT2D eigenvalue weighted by atomic mass is 10.1. The fourth-order valence-corrected chi connectivity index (χ4v) is 3.94. The number of aliphatic hydroxyl groups is 1. The Morgan fingerprint density at radius 1 is 1.11 bits per heavy atom. The molecule has 4 unspecified atom stereocenters. The van der Waals surface area contributed by atoms with Gasteiger partial charge in [0.25, 0.3) is 5.91 Å². The van der Waals surface area contributed by atoms with Crippen LogP contribution in [-0.2, 0) is 19.2 Å². The highest BCUT2D eigenvalue weighted by atomic mass is 16.4. The van der Waals surface area contributed by atoms with E-state index in [-0.39, 0.29) is 11.8 Å². The Hall–Kier alpha value is -3.31. The Morgan fingerprint density at radius 3 is 2.34 bits per heavy atom. The molecule has 1 aromatic rings. The molecule has 11 heteroatoms. The summed E-state index contributed by atoms with van der Waals surface area (Å²) in [6.07, 6.45) is 0.0837. The van der Waals surface area contributed by atoms with E-state index in [9.17, 15) is 29.1 Å². The monoisotopic (exact) mass is 490 g/mol. The summed E-state index contributed by atoms with van der Waals surface area (Å²) in [5, 5.41) is 27.3. The minimum Gasteiger partial charge on any atom is -0.481 e. The number of rotatable bonds is 12. The van der Waals surface area contributed by atoms with Gasteiger partial charge in [0.05, 0.1) is 18.5 Å². The smallest absolute Gasteiger partial charge is 0.305 e. The van der Waals surface area contributed by atoms with Gasteiger partial charge in [-0.05, 0) is 49.9 Å². The second-order valence-electron chi connectivity index (χ2n) is 9.11. The molecule has 0 saturated carbocycles. The third kappa shape index (κ3) is 8.45. The van der Waals surface area contributed by atoms with Crippen molar-refractivity contribution in [2.45, 2.75) is 70.8 Å². The van der Waals surface area contributed by atoms with Gasteiger partial charge in [0, 0.05) is 24.2 Å². The van der Waals surface area contributed by atoms with Crippen molar-refractivity contribution in [2.75, 3.05) is 11.9 Å². The minimum absolute atomic E-state index is 0.115. The molecule has 2 rings (SSSR count). The number of hydrogen-bond donors (Lipinski definition) is 5. The van der Waals surface area contributed by atoms with E-state index < -0.39 is 48.6 Å². The zero-order chi connectivity index (χ0) is 26.1. The fraction of sp³-hybridized carbons (Fsp3) is 0.542. The number of anilines is 1. The second kappa shape index (κ2) is 13.0. The molecule has 0 radical (unpaired) electrons.